The van der Waals surface area contributed by atoms with E-state index in [1.807, 2.05) is 6.92 Å². The van der Waals surface area contributed by atoms with Gasteiger partial charge in [0.15, 0.2) is 3.92 Å². The van der Waals surface area contributed by atoms with E-state index in [0.717, 1.165) is 5.69 Å². The van der Waals surface area contributed by atoms with E-state index in [1.54, 1.807) is 6.07 Å². The standard InChI is InChI=1S/C6H5BrN4OS/c1-3-2-4(9-8-3)12-6-11-10-5(7)13-6/h2H,1H3,(H,8,9). The van der Waals surface area contributed by atoms with Crippen LogP contribution in [0.1, 0.15) is 5.69 Å². The van der Waals surface area contributed by atoms with Crippen LogP contribution in [0.5, 0.6) is 11.1 Å². The molecule has 0 unspecified atom stereocenters. The van der Waals surface area contributed by atoms with Gasteiger partial charge in [-0.05, 0) is 34.2 Å². The smallest absolute Gasteiger partial charge is 0.301 e. The summed E-state index contributed by atoms with van der Waals surface area (Å²) in [7, 11) is 0. The van der Waals surface area contributed by atoms with E-state index >= 15 is 0 Å². The van der Waals surface area contributed by atoms with E-state index in [2.05, 4.69) is 36.3 Å². The largest absolute Gasteiger partial charge is 0.409 e. The van der Waals surface area contributed by atoms with Gasteiger partial charge in [0.05, 0.1) is 0 Å². The molecule has 68 valence electrons. The summed E-state index contributed by atoms with van der Waals surface area (Å²) in [5.41, 5.74) is 0.943. The van der Waals surface area contributed by atoms with Gasteiger partial charge >= 0.3 is 5.19 Å². The predicted octanol–water partition coefficient (Wildman–Crippen LogP) is 2.12. The second-order valence-corrected chi connectivity index (χ2v) is 4.53. The van der Waals surface area contributed by atoms with Crippen molar-refractivity contribution in [3.63, 3.8) is 0 Å². The van der Waals surface area contributed by atoms with Crippen molar-refractivity contribution in [3.05, 3.63) is 15.7 Å². The lowest BCUT2D eigenvalue weighted by atomic mass is 10.5. The Bertz CT molecular complexity index is 374. The number of hydrogen-bond acceptors (Lipinski definition) is 5. The van der Waals surface area contributed by atoms with Gasteiger partial charge in [0.25, 0.3) is 0 Å². The maximum atomic E-state index is 5.29. The normalized spacial score (nSPS) is 10.3. The summed E-state index contributed by atoms with van der Waals surface area (Å²) >= 11 is 4.50. The van der Waals surface area contributed by atoms with E-state index in [-0.39, 0.29) is 0 Å². The molecule has 0 fully saturated rings. The molecule has 0 radical (unpaired) electrons. The van der Waals surface area contributed by atoms with Crippen LogP contribution in [0.2, 0.25) is 0 Å². The molecule has 0 atom stereocenters. The first-order valence-corrected chi connectivity index (χ1v) is 5.04. The number of aromatic nitrogens is 4. The lowest BCUT2D eigenvalue weighted by Gasteiger charge is -1.91. The highest BCUT2D eigenvalue weighted by atomic mass is 79.9. The Morgan fingerprint density at radius 1 is 1.54 bits per heavy atom. The summed E-state index contributed by atoms with van der Waals surface area (Å²) in [4.78, 5) is 0. The van der Waals surface area contributed by atoms with Crippen molar-refractivity contribution in [2.24, 2.45) is 0 Å². The third-order valence-corrected chi connectivity index (χ3v) is 2.49. The third kappa shape index (κ3) is 2.04. The van der Waals surface area contributed by atoms with E-state index in [1.165, 1.54) is 11.3 Å². The molecule has 0 saturated carbocycles. The van der Waals surface area contributed by atoms with Crippen molar-refractivity contribution in [2.75, 3.05) is 0 Å². The fourth-order valence-corrected chi connectivity index (χ4v) is 1.70. The summed E-state index contributed by atoms with van der Waals surface area (Å²) < 4.78 is 5.98. The lowest BCUT2D eigenvalue weighted by Crippen LogP contribution is -1.82. The first kappa shape index (κ1) is 8.64. The number of rotatable bonds is 2. The number of halogens is 1. The van der Waals surface area contributed by atoms with Crippen LogP contribution >= 0.6 is 27.3 Å². The number of nitrogens with zero attached hydrogens (tertiary/aromatic N) is 3. The van der Waals surface area contributed by atoms with Gasteiger partial charge in [-0.1, -0.05) is 5.10 Å². The Kier molecular flexibility index (Phi) is 2.28. The minimum Gasteiger partial charge on any atom is -0.409 e. The summed E-state index contributed by atoms with van der Waals surface area (Å²) in [5.74, 6) is 0.501. The molecule has 0 bridgehead atoms. The zero-order valence-electron chi connectivity index (χ0n) is 6.61. The molecule has 0 aromatic carbocycles. The van der Waals surface area contributed by atoms with E-state index < -0.39 is 0 Å². The third-order valence-electron chi connectivity index (χ3n) is 1.26. The average molecular weight is 261 g/mol. The van der Waals surface area contributed by atoms with Gasteiger partial charge in [-0.15, -0.1) is 10.2 Å². The minimum atomic E-state index is 0.471. The molecule has 5 nitrogen and oxygen atoms in total. The maximum absolute atomic E-state index is 5.29. The summed E-state index contributed by atoms with van der Waals surface area (Å²) in [6.45, 7) is 1.90. The first-order valence-electron chi connectivity index (χ1n) is 3.43. The number of aromatic amines is 1. The number of nitrogens with one attached hydrogen (secondary N) is 1. The van der Waals surface area contributed by atoms with Crippen molar-refractivity contribution in [3.8, 4) is 11.1 Å². The second kappa shape index (κ2) is 3.43. The average Bonchev–Trinajstić information content (AvgIpc) is 2.62. The maximum Gasteiger partial charge on any atom is 0.301 e. The van der Waals surface area contributed by atoms with Crippen molar-refractivity contribution >= 4 is 27.3 Å². The summed E-state index contributed by atoms with van der Waals surface area (Å²) in [6.07, 6.45) is 0. The van der Waals surface area contributed by atoms with Crippen LogP contribution in [0.3, 0.4) is 0 Å². The highest BCUT2D eigenvalue weighted by molar-refractivity contribution is 9.11. The quantitative estimate of drug-likeness (QED) is 0.899. The van der Waals surface area contributed by atoms with Gasteiger partial charge in [0.2, 0.25) is 5.88 Å². The predicted molar refractivity (Wildman–Crippen MR) is 51.0 cm³/mol. The molecule has 0 aliphatic carbocycles. The molecule has 2 aromatic rings. The Morgan fingerprint density at radius 3 is 2.92 bits per heavy atom. The van der Waals surface area contributed by atoms with Crippen LogP contribution in [-0.4, -0.2) is 20.4 Å². The Labute approximate surface area is 86.3 Å². The Balaban J connectivity index is 2.14. The monoisotopic (exact) mass is 260 g/mol. The van der Waals surface area contributed by atoms with Crippen molar-refractivity contribution in [2.45, 2.75) is 6.92 Å². The van der Waals surface area contributed by atoms with Crippen LogP contribution in [0.25, 0.3) is 0 Å². The fraction of sp³-hybridized carbons (Fsp3) is 0.167. The SMILES string of the molecule is Cc1cc(Oc2nnc(Br)s2)n[nH]1. The summed E-state index contributed by atoms with van der Waals surface area (Å²) in [5, 5.41) is 14.6. The number of aryl methyl sites for hydroxylation is 1. The zero-order valence-corrected chi connectivity index (χ0v) is 9.02. The second-order valence-electron chi connectivity index (χ2n) is 2.31. The van der Waals surface area contributed by atoms with Gasteiger partial charge in [-0.3, -0.25) is 5.10 Å². The molecule has 0 aliphatic rings. The molecule has 13 heavy (non-hydrogen) atoms. The van der Waals surface area contributed by atoms with Crippen LogP contribution in [0.15, 0.2) is 9.98 Å². The van der Waals surface area contributed by atoms with Crippen LogP contribution < -0.4 is 4.74 Å². The Morgan fingerprint density at radius 2 is 2.38 bits per heavy atom. The van der Waals surface area contributed by atoms with Crippen molar-refractivity contribution in [1.82, 2.24) is 20.4 Å². The van der Waals surface area contributed by atoms with Gasteiger partial charge in [-0.25, -0.2) is 0 Å². The number of hydrogen-bond donors (Lipinski definition) is 1. The molecule has 0 spiro atoms. The highest BCUT2D eigenvalue weighted by Gasteiger charge is 2.05. The lowest BCUT2D eigenvalue weighted by molar-refractivity contribution is 0.453. The van der Waals surface area contributed by atoms with Crippen molar-refractivity contribution < 1.29 is 4.74 Å². The molecule has 0 saturated heterocycles. The highest BCUT2D eigenvalue weighted by Crippen LogP contribution is 2.26. The fourth-order valence-electron chi connectivity index (χ4n) is 0.769. The van der Waals surface area contributed by atoms with Gasteiger partial charge in [-0.2, -0.15) is 0 Å². The molecule has 0 aliphatic heterocycles. The molecule has 2 heterocycles. The van der Waals surface area contributed by atoms with Gasteiger partial charge in [0, 0.05) is 11.8 Å². The molecule has 7 heteroatoms. The Hall–Kier alpha value is -0.950. The molecular formula is C6H5BrN4OS. The molecule has 1 N–H and O–H groups in total. The molecular weight excluding hydrogens is 256 g/mol. The molecule has 2 rings (SSSR count). The van der Waals surface area contributed by atoms with Crippen LogP contribution in [-0.2, 0) is 0 Å². The van der Waals surface area contributed by atoms with Crippen LogP contribution in [0, 0.1) is 6.92 Å². The summed E-state index contributed by atoms with van der Waals surface area (Å²) in [6, 6.07) is 1.79. The number of ether oxygens (including phenoxy) is 1. The topological polar surface area (TPSA) is 63.7 Å². The zero-order chi connectivity index (χ0) is 9.26. The molecule has 2 aromatic heterocycles. The van der Waals surface area contributed by atoms with E-state index in [0.29, 0.717) is 15.0 Å². The minimum absolute atomic E-state index is 0.471. The van der Waals surface area contributed by atoms with Crippen LogP contribution in [0.4, 0.5) is 0 Å². The molecule has 0 amide bonds. The van der Waals surface area contributed by atoms with E-state index in [4.69, 9.17) is 4.74 Å². The van der Waals surface area contributed by atoms with Gasteiger partial charge < -0.3 is 4.74 Å². The number of H-pyrrole nitrogens is 1. The van der Waals surface area contributed by atoms with E-state index in [9.17, 15) is 0 Å². The van der Waals surface area contributed by atoms with Gasteiger partial charge in [0.1, 0.15) is 0 Å². The first-order chi connectivity index (χ1) is 6.24. The van der Waals surface area contributed by atoms with Crippen molar-refractivity contribution in [1.29, 1.82) is 0 Å².